The van der Waals surface area contributed by atoms with Crippen LogP contribution in [0.25, 0.3) is 0 Å². The number of carbonyl (C=O) groups excluding carboxylic acids is 2. The number of methoxy groups -OCH3 is 2. The fraction of sp³-hybridized carbons (Fsp3) is 0.500. The first-order valence-electron chi connectivity index (χ1n) is 12.3. The average molecular weight is 644 g/mol. The quantitative estimate of drug-likeness (QED) is 0.212. The lowest BCUT2D eigenvalue weighted by molar-refractivity contribution is 0.0930. The van der Waals surface area contributed by atoms with Crippen molar-refractivity contribution in [1.82, 2.24) is 10.2 Å². The summed E-state index contributed by atoms with van der Waals surface area (Å²) in [5.41, 5.74) is 0.170. The average Bonchev–Trinajstić information content (AvgIpc) is 2.88. The highest BCUT2D eigenvalue weighted by molar-refractivity contribution is 6.61. The van der Waals surface area contributed by atoms with Crippen molar-refractivity contribution in [2.75, 3.05) is 28.3 Å². The van der Waals surface area contributed by atoms with Gasteiger partial charge in [0.15, 0.2) is 11.1 Å². The molecule has 1 amide bonds. The molecule has 0 saturated heterocycles. The van der Waals surface area contributed by atoms with Gasteiger partial charge in [0.25, 0.3) is 0 Å². The van der Waals surface area contributed by atoms with E-state index < -0.39 is 22.6 Å². The number of carbonyl (C=O) groups is 2. The van der Waals surface area contributed by atoms with Gasteiger partial charge in [0.05, 0.1) is 14.2 Å². The third-order valence-corrected chi connectivity index (χ3v) is 5.65. The Kier molecular flexibility index (Phi) is 22.6. The number of hydrogen-bond donors (Lipinski definition) is 1. The number of halogens is 4. The fourth-order valence-corrected chi connectivity index (χ4v) is 3.50. The number of amides is 1. The van der Waals surface area contributed by atoms with E-state index in [2.05, 4.69) is 23.0 Å². The van der Waals surface area contributed by atoms with Gasteiger partial charge >= 0.3 is 11.5 Å². The Morgan fingerprint density at radius 2 is 1.25 bits per heavy atom. The number of ether oxygens (including phenoxy) is 4. The molecule has 0 aromatic heterocycles. The summed E-state index contributed by atoms with van der Waals surface area (Å²) < 4.78 is 19.6. The third-order valence-electron chi connectivity index (χ3n) is 5.39. The van der Waals surface area contributed by atoms with Crippen molar-refractivity contribution in [1.29, 1.82) is 0 Å². The van der Waals surface area contributed by atoms with Gasteiger partial charge in [0.2, 0.25) is 0 Å². The molecule has 12 heteroatoms. The van der Waals surface area contributed by atoms with Crippen LogP contribution in [0.1, 0.15) is 38.8 Å². The first-order valence-corrected chi connectivity index (χ1v) is 13.6. The van der Waals surface area contributed by atoms with Crippen molar-refractivity contribution < 1.29 is 28.5 Å². The van der Waals surface area contributed by atoms with Crippen LogP contribution < -0.4 is 14.8 Å². The van der Waals surface area contributed by atoms with Crippen LogP contribution in [0.4, 0.5) is 9.59 Å². The molecular formula is C28H42Cl4N2O6. The lowest BCUT2D eigenvalue weighted by Crippen LogP contribution is -2.37. The number of rotatable bonds is 10. The summed E-state index contributed by atoms with van der Waals surface area (Å²) in [6.07, 6.45) is 1.26. The Bertz CT molecular complexity index is 981. The molecule has 0 aliphatic heterocycles. The Morgan fingerprint density at radius 1 is 0.825 bits per heavy atom. The maximum atomic E-state index is 11.7. The second kappa shape index (κ2) is 22.6. The maximum absolute atomic E-state index is 11.7. The summed E-state index contributed by atoms with van der Waals surface area (Å²) in [5, 5.41) is 3.21. The van der Waals surface area contributed by atoms with Gasteiger partial charge in [-0.3, -0.25) is 0 Å². The first-order chi connectivity index (χ1) is 18.4. The SMILES string of the molecule is CC(Cl)OC(=O)Cl.CNC(C)Cc1ccccc1OC.COc1ccccc1CC(C)N(C)C(=O)OC(C)Cl.Cl. The zero-order valence-electron chi connectivity index (χ0n) is 24.3. The van der Waals surface area contributed by atoms with Gasteiger partial charge in [-0.05, 0) is 70.8 Å². The number of likely N-dealkylation sites (N-methyl/N-ethyl adjacent to an activating group) is 2. The molecule has 4 unspecified atom stereocenters. The highest BCUT2D eigenvalue weighted by atomic mass is 35.5. The molecule has 8 nitrogen and oxygen atoms in total. The topological polar surface area (TPSA) is 86.3 Å². The van der Waals surface area contributed by atoms with Gasteiger partial charge in [-0.2, -0.15) is 0 Å². The monoisotopic (exact) mass is 642 g/mol. The van der Waals surface area contributed by atoms with Crippen LogP contribution in [-0.2, 0) is 22.3 Å². The van der Waals surface area contributed by atoms with Crippen molar-refractivity contribution in [3.8, 4) is 11.5 Å². The molecule has 1 N–H and O–H groups in total. The van der Waals surface area contributed by atoms with E-state index in [1.807, 2.05) is 56.4 Å². The molecule has 2 rings (SSSR count). The van der Waals surface area contributed by atoms with Gasteiger partial charge in [0.1, 0.15) is 11.5 Å². The Hall–Kier alpha value is -2.10. The first kappa shape index (κ1) is 40.0. The van der Waals surface area contributed by atoms with Crippen LogP contribution in [0.15, 0.2) is 48.5 Å². The van der Waals surface area contributed by atoms with E-state index in [1.165, 1.54) is 17.4 Å². The standard InChI is InChI=1S/C14H20ClNO3.C11H17NO.C3H4Cl2O2.ClH/c1-10(16(3)14(17)19-11(2)15)9-12-7-5-6-8-13(12)18-4;1-9(12-2)8-10-6-4-5-7-11(10)13-3;1-2(4)7-3(5)6;/h5-8,10-11H,9H2,1-4H3;4-7,9,12H,8H2,1-3H3;2H,1H3;1H. The van der Waals surface area contributed by atoms with E-state index in [9.17, 15) is 9.59 Å². The van der Waals surface area contributed by atoms with Gasteiger partial charge in [-0.25, -0.2) is 9.59 Å². The molecule has 4 atom stereocenters. The maximum Gasteiger partial charge on any atom is 0.411 e. The normalized spacial score (nSPS) is 12.8. The molecule has 228 valence electrons. The molecule has 0 heterocycles. The molecule has 2 aromatic rings. The molecule has 0 saturated carbocycles. The summed E-state index contributed by atoms with van der Waals surface area (Å²) in [6.45, 7) is 7.22. The second-order valence-corrected chi connectivity index (χ2v) is 10.0. The number of para-hydroxylation sites is 2. The second-order valence-electron chi connectivity index (χ2n) is 8.51. The van der Waals surface area contributed by atoms with Crippen molar-refractivity contribution in [3.63, 3.8) is 0 Å². The molecule has 0 aliphatic rings. The molecule has 40 heavy (non-hydrogen) atoms. The Morgan fingerprint density at radius 3 is 1.60 bits per heavy atom. The van der Waals surface area contributed by atoms with E-state index in [4.69, 9.17) is 49.0 Å². The number of alkyl halides is 2. The molecule has 2 aromatic carbocycles. The smallest absolute Gasteiger partial charge is 0.411 e. The van der Waals surface area contributed by atoms with Crippen LogP contribution in [0, 0.1) is 0 Å². The van der Waals surface area contributed by atoms with Crippen LogP contribution in [0.2, 0.25) is 0 Å². The van der Waals surface area contributed by atoms with E-state index in [1.54, 1.807) is 28.2 Å². The lowest BCUT2D eigenvalue weighted by atomic mass is 10.1. The minimum absolute atomic E-state index is 0. The van der Waals surface area contributed by atoms with Crippen molar-refractivity contribution in [2.45, 2.75) is 63.7 Å². The largest absolute Gasteiger partial charge is 0.496 e. The predicted molar refractivity (Wildman–Crippen MR) is 166 cm³/mol. The van der Waals surface area contributed by atoms with Gasteiger partial charge < -0.3 is 29.2 Å². The summed E-state index contributed by atoms with van der Waals surface area (Å²) >= 11 is 15.5. The lowest BCUT2D eigenvalue weighted by Gasteiger charge is -2.25. The summed E-state index contributed by atoms with van der Waals surface area (Å²) in [4.78, 5) is 23.0. The van der Waals surface area contributed by atoms with E-state index in [0.29, 0.717) is 12.5 Å². The molecular weight excluding hydrogens is 602 g/mol. The Labute approximate surface area is 259 Å². The van der Waals surface area contributed by atoms with Gasteiger partial charge in [-0.15, -0.1) is 12.4 Å². The number of hydrogen-bond acceptors (Lipinski definition) is 7. The predicted octanol–water partition coefficient (Wildman–Crippen LogP) is 7.49. The van der Waals surface area contributed by atoms with E-state index >= 15 is 0 Å². The third kappa shape index (κ3) is 17.6. The van der Waals surface area contributed by atoms with Crippen LogP contribution >= 0.6 is 47.2 Å². The van der Waals surface area contributed by atoms with Gasteiger partial charge in [-0.1, -0.05) is 59.6 Å². The van der Waals surface area contributed by atoms with Crippen LogP contribution in [-0.4, -0.2) is 67.9 Å². The summed E-state index contributed by atoms with van der Waals surface area (Å²) in [5.74, 6) is 1.80. The number of benzene rings is 2. The van der Waals surface area contributed by atoms with Crippen molar-refractivity contribution >= 4 is 58.7 Å². The molecule has 0 aliphatic carbocycles. The Balaban J connectivity index is 0. The molecule has 0 radical (unpaired) electrons. The molecule has 0 fully saturated rings. The van der Waals surface area contributed by atoms with E-state index in [-0.39, 0.29) is 18.4 Å². The van der Waals surface area contributed by atoms with Crippen molar-refractivity contribution in [3.05, 3.63) is 59.7 Å². The highest BCUT2D eigenvalue weighted by Crippen LogP contribution is 2.21. The van der Waals surface area contributed by atoms with Crippen LogP contribution in [0.5, 0.6) is 11.5 Å². The zero-order chi connectivity index (χ0) is 30.0. The number of nitrogens with zero attached hydrogens (tertiary/aromatic N) is 1. The van der Waals surface area contributed by atoms with Crippen LogP contribution in [0.3, 0.4) is 0 Å². The minimum atomic E-state index is -0.873. The zero-order valence-corrected chi connectivity index (χ0v) is 27.4. The van der Waals surface area contributed by atoms with Crippen molar-refractivity contribution in [2.24, 2.45) is 0 Å². The minimum Gasteiger partial charge on any atom is -0.496 e. The molecule has 0 bridgehead atoms. The van der Waals surface area contributed by atoms with E-state index in [0.717, 1.165) is 23.5 Å². The number of nitrogens with one attached hydrogen (secondary N) is 1. The molecule has 0 spiro atoms. The van der Waals surface area contributed by atoms with Gasteiger partial charge in [0, 0.05) is 30.7 Å². The highest BCUT2D eigenvalue weighted by Gasteiger charge is 2.20. The fourth-order valence-electron chi connectivity index (χ4n) is 3.16. The summed E-state index contributed by atoms with van der Waals surface area (Å²) in [6, 6.07) is 16.4. The summed E-state index contributed by atoms with van der Waals surface area (Å²) in [7, 11) is 7.02.